The molecule has 1 aliphatic rings. The standard InChI is InChI=1S/C15H21FO2/c1-11(17)13-7-8-15(14(16)9-13)18-10-12-5-3-2-4-6-12/h7-9,11-12,17H,2-6,10H2,1H3/t11-/m1/s1. The van der Waals surface area contributed by atoms with Gasteiger partial charge in [0.2, 0.25) is 0 Å². The zero-order valence-electron chi connectivity index (χ0n) is 10.9. The molecule has 18 heavy (non-hydrogen) atoms. The lowest BCUT2D eigenvalue weighted by Gasteiger charge is -2.21. The molecule has 0 unspecified atom stereocenters. The normalized spacial score (nSPS) is 18.6. The van der Waals surface area contributed by atoms with Crippen molar-refractivity contribution >= 4 is 0 Å². The minimum Gasteiger partial charge on any atom is -0.490 e. The smallest absolute Gasteiger partial charge is 0.165 e. The number of hydrogen-bond donors (Lipinski definition) is 1. The van der Waals surface area contributed by atoms with E-state index in [0.29, 0.717) is 23.8 Å². The lowest BCUT2D eigenvalue weighted by atomic mass is 9.90. The number of halogens is 1. The molecule has 1 aromatic rings. The highest BCUT2D eigenvalue weighted by Gasteiger charge is 2.15. The first-order chi connectivity index (χ1) is 8.66. The van der Waals surface area contributed by atoms with Gasteiger partial charge in [-0.15, -0.1) is 0 Å². The molecule has 1 aromatic carbocycles. The van der Waals surface area contributed by atoms with Crippen LogP contribution in [0.2, 0.25) is 0 Å². The Balaban J connectivity index is 1.92. The van der Waals surface area contributed by atoms with Crippen molar-refractivity contribution in [2.75, 3.05) is 6.61 Å². The van der Waals surface area contributed by atoms with E-state index < -0.39 is 6.10 Å². The number of hydrogen-bond acceptors (Lipinski definition) is 2. The van der Waals surface area contributed by atoms with Gasteiger partial charge < -0.3 is 9.84 Å². The van der Waals surface area contributed by atoms with Crippen molar-refractivity contribution in [3.8, 4) is 5.75 Å². The van der Waals surface area contributed by atoms with Crippen LogP contribution in [0.4, 0.5) is 4.39 Å². The highest BCUT2D eigenvalue weighted by Crippen LogP contribution is 2.26. The third kappa shape index (κ3) is 3.45. The average molecular weight is 252 g/mol. The fourth-order valence-corrected chi connectivity index (χ4v) is 2.46. The van der Waals surface area contributed by atoms with Crippen LogP contribution in [0.3, 0.4) is 0 Å². The molecule has 1 N–H and O–H groups in total. The van der Waals surface area contributed by atoms with Gasteiger partial charge in [-0.2, -0.15) is 0 Å². The minimum atomic E-state index is -0.646. The Kier molecular flexibility index (Phi) is 4.59. The Morgan fingerprint density at radius 1 is 1.33 bits per heavy atom. The fraction of sp³-hybridized carbons (Fsp3) is 0.600. The maximum atomic E-state index is 13.7. The Morgan fingerprint density at radius 3 is 2.67 bits per heavy atom. The molecule has 0 radical (unpaired) electrons. The number of aliphatic hydroxyl groups is 1. The van der Waals surface area contributed by atoms with Crippen LogP contribution in [0, 0.1) is 11.7 Å². The maximum Gasteiger partial charge on any atom is 0.165 e. The molecule has 3 heteroatoms. The zero-order chi connectivity index (χ0) is 13.0. The largest absolute Gasteiger partial charge is 0.490 e. The van der Waals surface area contributed by atoms with Gasteiger partial charge in [-0.25, -0.2) is 4.39 Å². The van der Waals surface area contributed by atoms with Gasteiger partial charge in [0.1, 0.15) is 0 Å². The molecular formula is C15H21FO2. The van der Waals surface area contributed by atoms with Crippen LogP contribution in [-0.2, 0) is 0 Å². The van der Waals surface area contributed by atoms with Crippen LogP contribution in [0.1, 0.15) is 50.7 Å². The topological polar surface area (TPSA) is 29.5 Å². The second-order valence-corrected chi connectivity index (χ2v) is 5.18. The monoisotopic (exact) mass is 252 g/mol. The highest BCUT2D eigenvalue weighted by atomic mass is 19.1. The fourth-order valence-electron chi connectivity index (χ4n) is 2.46. The van der Waals surface area contributed by atoms with Gasteiger partial charge in [0, 0.05) is 0 Å². The van der Waals surface area contributed by atoms with E-state index in [9.17, 15) is 9.50 Å². The summed E-state index contributed by atoms with van der Waals surface area (Å²) < 4.78 is 19.3. The molecule has 1 saturated carbocycles. The molecule has 0 aliphatic heterocycles. The van der Waals surface area contributed by atoms with E-state index in [-0.39, 0.29) is 5.82 Å². The Bertz CT molecular complexity index is 384. The van der Waals surface area contributed by atoms with Crippen LogP contribution in [0.5, 0.6) is 5.75 Å². The predicted octanol–water partition coefficient (Wildman–Crippen LogP) is 3.84. The van der Waals surface area contributed by atoms with Gasteiger partial charge >= 0.3 is 0 Å². The zero-order valence-corrected chi connectivity index (χ0v) is 10.9. The number of rotatable bonds is 4. The molecule has 0 saturated heterocycles. The molecule has 0 amide bonds. The lowest BCUT2D eigenvalue weighted by Crippen LogP contribution is -2.15. The van der Waals surface area contributed by atoms with E-state index in [1.165, 1.54) is 38.2 Å². The first-order valence-electron chi connectivity index (χ1n) is 6.77. The second-order valence-electron chi connectivity index (χ2n) is 5.18. The molecule has 0 bridgehead atoms. The van der Waals surface area contributed by atoms with Gasteiger partial charge in [0.25, 0.3) is 0 Å². The molecule has 0 heterocycles. The van der Waals surface area contributed by atoms with Crippen molar-refractivity contribution in [2.45, 2.75) is 45.1 Å². The van der Waals surface area contributed by atoms with E-state index in [0.717, 1.165) is 0 Å². The molecule has 0 spiro atoms. The summed E-state index contributed by atoms with van der Waals surface area (Å²) in [5.41, 5.74) is 0.581. The van der Waals surface area contributed by atoms with E-state index in [4.69, 9.17) is 4.74 Å². The molecular weight excluding hydrogens is 231 g/mol. The van der Waals surface area contributed by atoms with E-state index in [2.05, 4.69) is 0 Å². The third-order valence-corrected chi connectivity index (χ3v) is 3.64. The van der Waals surface area contributed by atoms with Gasteiger partial charge in [0.05, 0.1) is 12.7 Å². The molecule has 1 atom stereocenters. The van der Waals surface area contributed by atoms with Gasteiger partial charge in [-0.05, 0) is 43.4 Å². The van der Waals surface area contributed by atoms with Crippen LogP contribution in [0.15, 0.2) is 18.2 Å². The van der Waals surface area contributed by atoms with Crippen molar-refractivity contribution in [3.63, 3.8) is 0 Å². The molecule has 2 rings (SSSR count). The molecule has 100 valence electrons. The van der Waals surface area contributed by atoms with E-state index in [1.807, 2.05) is 0 Å². The Morgan fingerprint density at radius 2 is 2.06 bits per heavy atom. The van der Waals surface area contributed by atoms with Gasteiger partial charge in [0.15, 0.2) is 11.6 Å². The first kappa shape index (κ1) is 13.3. The summed E-state index contributed by atoms with van der Waals surface area (Å²) in [5.74, 6) is 0.476. The third-order valence-electron chi connectivity index (χ3n) is 3.64. The molecule has 2 nitrogen and oxygen atoms in total. The predicted molar refractivity (Wildman–Crippen MR) is 69.1 cm³/mol. The summed E-state index contributed by atoms with van der Waals surface area (Å²) in [5, 5.41) is 9.37. The highest BCUT2D eigenvalue weighted by molar-refractivity contribution is 5.30. The van der Waals surface area contributed by atoms with Crippen LogP contribution < -0.4 is 4.74 Å². The summed E-state index contributed by atoms with van der Waals surface area (Å²) in [6.45, 7) is 2.22. The summed E-state index contributed by atoms with van der Waals surface area (Å²) in [6, 6.07) is 4.67. The van der Waals surface area contributed by atoms with Crippen LogP contribution >= 0.6 is 0 Å². The summed E-state index contributed by atoms with van der Waals surface area (Å²) in [6.07, 6.45) is 5.57. The number of aliphatic hydroxyl groups excluding tert-OH is 1. The first-order valence-corrected chi connectivity index (χ1v) is 6.77. The van der Waals surface area contributed by atoms with E-state index in [1.54, 1.807) is 19.1 Å². The average Bonchev–Trinajstić information content (AvgIpc) is 2.38. The summed E-state index contributed by atoms with van der Waals surface area (Å²) in [4.78, 5) is 0. The van der Waals surface area contributed by atoms with Gasteiger partial charge in [-0.3, -0.25) is 0 Å². The molecule has 1 fully saturated rings. The van der Waals surface area contributed by atoms with Gasteiger partial charge in [-0.1, -0.05) is 25.3 Å². The Hall–Kier alpha value is -1.09. The SMILES string of the molecule is C[C@@H](O)c1ccc(OCC2CCCCC2)c(F)c1. The quantitative estimate of drug-likeness (QED) is 0.882. The molecule has 1 aliphatic carbocycles. The Labute approximate surface area is 108 Å². The minimum absolute atomic E-state index is 0.296. The second kappa shape index (κ2) is 6.19. The number of benzene rings is 1. The van der Waals surface area contributed by atoms with Crippen molar-refractivity contribution in [2.24, 2.45) is 5.92 Å². The number of ether oxygens (including phenoxy) is 1. The van der Waals surface area contributed by atoms with Crippen molar-refractivity contribution in [1.82, 2.24) is 0 Å². The lowest BCUT2D eigenvalue weighted by molar-refractivity contribution is 0.195. The van der Waals surface area contributed by atoms with Crippen molar-refractivity contribution < 1.29 is 14.2 Å². The van der Waals surface area contributed by atoms with E-state index >= 15 is 0 Å². The van der Waals surface area contributed by atoms with Crippen molar-refractivity contribution in [1.29, 1.82) is 0 Å². The van der Waals surface area contributed by atoms with Crippen LogP contribution in [-0.4, -0.2) is 11.7 Å². The summed E-state index contributed by atoms with van der Waals surface area (Å²) in [7, 11) is 0. The van der Waals surface area contributed by atoms with Crippen LogP contribution in [0.25, 0.3) is 0 Å². The van der Waals surface area contributed by atoms with Crippen molar-refractivity contribution in [3.05, 3.63) is 29.6 Å². The molecule has 0 aromatic heterocycles. The maximum absolute atomic E-state index is 13.7. The summed E-state index contributed by atoms with van der Waals surface area (Å²) >= 11 is 0.